The molecule has 1 saturated heterocycles. The SMILES string of the molecule is Cc1ccccc1Cn1cc(C(=O)N2CCN(C3CCCC3)CC2)nn1. The van der Waals surface area contributed by atoms with Crippen molar-refractivity contribution in [3.05, 3.63) is 47.3 Å². The summed E-state index contributed by atoms with van der Waals surface area (Å²) in [4.78, 5) is 17.2. The van der Waals surface area contributed by atoms with Gasteiger partial charge in [0.15, 0.2) is 5.69 Å². The van der Waals surface area contributed by atoms with Gasteiger partial charge in [0.05, 0.1) is 12.7 Å². The molecule has 6 heteroatoms. The van der Waals surface area contributed by atoms with E-state index >= 15 is 0 Å². The molecule has 2 aromatic rings. The van der Waals surface area contributed by atoms with Crippen LogP contribution >= 0.6 is 0 Å². The summed E-state index contributed by atoms with van der Waals surface area (Å²) >= 11 is 0. The molecule has 1 saturated carbocycles. The van der Waals surface area contributed by atoms with E-state index < -0.39 is 0 Å². The van der Waals surface area contributed by atoms with Crippen LogP contribution in [-0.2, 0) is 6.54 Å². The molecule has 0 radical (unpaired) electrons. The fourth-order valence-electron chi connectivity index (χ4n) is 4.16. The summed E-state index contributed by atoms with van der Waals surface area (Å²) in [6.07, 6.45) is 7.13. The zero-order chi connectivity index (χ0) is 17.9. The van der Waals surface area contributed by atoms with Crippen molar-refractivity contribution < 1.29 is 4.79 Å². The molecule has 0 unspecified atom stereocenters. The fourth-order valence-corrected chi connectivity index (χ4v) is 4.16. The van der Waals surface area contributed by atoms with Crippen LogP contribution in [0.15, 0.2) is 30.5 Å². The van der Waals surface area contributed by atoms with Gasteiger partial charge in [0.1, 0.15) is 0 Å². The highest BCUT2D eigenvalue weighted by atomic mass is 16.2. The average molecular weight is 353 g/mol. The minimum atomic E-state index is 0.00658. The van der Waals surface area contributed by atoms with Crippen LogP contribution in [0.25, 0.3) is 0 Å². The summed E-state index contributed by atoms with van der Waals surface area (Å²) < 4.78 is 1.75. The van der Waals surface area contributed by atoms with Crippen LogP contribution < -0.4 is 0 Å². The predicted octanol–water partition coefficient (Wildman–Crippen LogP) is 2.34. The summed E-state index contributed by atoms with van der Waals surface area (Å²) in [5.41, 5.74) is 2.87. The standard InChI is InChI=1S/C20H27N5O/c1-16-6-2-3-7-17(16)14-25-15-19(21-22-25)20(26)24-12-10-23(11-13-24)18-8-4-5-9-18/h2-3,6-7,15,18H,4-5,8-14H2,1H3. The van der Waals surface area contributed by atoms with Crippen LogP contribution in [-0.4, -0.2) is 62.9 Å². The van der Waals surface area contributed by atoms with Crippen LogP contribution in [0.3, 0.4) is 0 Å². The lowest BCUT2D eigenvalue weighted by molar-refractivity contribution is 0.0568. The zero-order valence-electron chi connectivity index (χ0n) is 15.5. The molecular formula is C20H27N5O. The lowest BCUT2D eigenvalue weighted by Gasteiger charge is -2.37. The van der Waals surface area contributed by atoms with Crippen LogP contribution in [0.4, 0.5) is 0 Å². The van der Waals surface area contributed by atoms with Crippen molar-refractivity contribution in [2.24, 2.45) is 0 Å². The predicted molar refractivity (Wildman–Crippen MR) is 100 cm³/mol. The fraction of sp³-hybridized carbons (Fsp3) is 0.550. The van der Waals surface area contributed by atoms with Gasteiger partial charge in [-0.15, -0.1) is 5.10 Å². The van der Waals surface area contributed by atoms with Crippen molar-refractivity contribution in [2.45, 2.75) is 45.2 Å². The first-order valence-corrected chi connectivity index (χ1v) is 9.68. The Morgan fingerprint density at radius 1 is 1.12 bits per heavy atom. The minimum Gasteiger partial charge on any atom is -0.335 e. The van der Waals surface area contributed by atoms with Gasteiger partial charge < -0.3 is 4.90 Å². The van der Waals surface area contributed by atoms with Crippen LogP contribution in [0.5, 0.6) is 0 Å². The van der Waals surface area contributed by atoms with Gasteiger partial charge in [-0.1, -0.05) is 42.3 Å². The topological polar surface area (TPSA) is 54.3 Å². The highest BCUT2D eigenvalue weighted by Gasteiger charge is 2.29. The van der Waals surface area contributed by atoms with Gasteiger partial charge in [-0.3, -0.25) is 9.69 Å². The maximum Gasteiger partial charge on any atom is 0.276 e. The number of amides is 1. The molecule has 26 heavy (non-hydrogen) atoms. The number of hydrogen-bond acceptors (Lipinski definition) is 4. The molecule has 0 spiro atoms. The highest BCUT2D eigenvalue weighted by Crippen LogP contribution is 2.24. The number of carbonyl (C=O) groups excluding carboxylic acids is 1. The first-order chi connectivity index (χ1) is 12.7. The second-order valence-electron chi connectivity index (χ2n) is 7.49. The van der Waals surface area contributed by atoms with E-state index in [0.717, 1.165) is 32.2 Å². The Balaban J connectivity index is 1.35. The van der Waals surface area contributed by atoms with E-state index in [-0.39, 0.29) is 5.91 Å². The average Bonchev–Trinajstić information content (AvgIpc) is 3.35. The largest absolute Gasteiger partial charge is 0.335 e. The Hall–Kier alpha value is -2.21. The van der Waals surface area contributed by atoms with Crippen molar-refractivity contribution in [2.75, 3.05) is 26.2 Å². The first-order valence-electron chi connectivity index (χ1n) is 9.68. The molecule has 2 fully saturated rings. The maximum atomic E-state index is 12.8. The van der Waals surface area contributed by atoms with E-state index in [1.54, 1.807) is 10.9 Å². The number of piperazine rings is 1. The lowest BCUT2D eigenvalue weighted by Crippen LogP contribution is -2.51. The van der Waals surface area contributed by atoms with E-state index in [1.165, 1.54) is 36.8 Å². The molecule has 1 aromatic carbocycles. The summed E-state index contributed by atoms with van der Waals surface area (Å²) in [6.45, 7) is 6.27. The van der Waals surface area contributed by atoms with Crippen LogP contribution in [0.1, 0.15) is 47.3 Å². The van der Waals surface area contributed by atoms with E-state index in [9.17, 15) is 4.79 Å². The number of rotatable bonds is 4. The highest BCUT2D eigenvalue weighted by molar-refractivity contribution is 5.92. The molecule has 4 rings (SSSR count). The molecule has 6 nitrogen and oxygen atoms in total. The number of hydrogen-bond donors (Lipinski definition) is 0. The smallest absolute Gasteiger partial charge is 0.276 e. The van der Waals surface area contributed by atoms with Crippen LogP contribution in [0.2, 0.25) is 0 Å². The number of carbonyl (C=O) groups is 1. The summed E-state index contributed by atoms with van der Waals surface area (Å²) in [6, 6.07) is 8.96. The van der Waals surface area contributed by atoms with Gasteiger partial charge in [0.25, 0.3) is 5.91 Å². The molecule has 1 aliphatic carbocycles. The lowest BCUT2D eigenvalue weighted by atomic mass is 10.1. The van der Waals surface area contributed by atoms with Crippen LogP contribution in [0, 0.1) is 6.92 Å². The zero-order valence-corrected chi connectivity index (χ0v) is 15.5. The molecule has 138 valence electrons. The van der Waals surface area contributed by atoms with Gasteiger partial charge in [-0.05, 0) is 30.9 Å². The third-order valence-corrected chi connectivity index (χ3v) is 5.79. The van der Waals surface area contributed by atoms with Crippen molar-refractivity contribution in [1.82, 2.24) is 24.8 Å². The molecule has 1 aliphatic heterocycles. The maximum absolute atomic E-state index is 12.8. The number of aryl methyl sites for hydroxylation is 1. The Morgan fingerprint density at radius 2 is 1.85 bits per heavy atom. The summed E-state index contributed by atoms with van der Waals surface area (Å²) in [5.74, 6) is 0.00658. The molecule has 1 aromatic heterocycles. The quantitative estimate of drug-likeness (QED) is 0.847. The van der Waals surface area contributed by atoms with Crippen molar-refractivity contribution in [3.63, 3.8) is 0 Å². The van der Waals surface area contributed by atoms with Crippen molar-refractivity contribution >= 4 is 5.91 Å². The van der Waals surface area contributed by atoms with Crippen molar-refractivity contribution in [1.29, 1.82) is 0 Å². The molecular weight excluding hydrogens is 326 g/mol. The normalized spacial score (nSPS) is 19.2. The summed E-state index contributed by atoms with van der Waals surface area (Å²) in [5, 5.41) is 8.28. The monoisotopic (exact) mass is 353 g/mol. The van der Waals surface area contributed by atoms with E-state index in [4.69, 9.17) is 0 Å². The van der Waals surface area contributed by atoms with Gasteiger partial charge in [0.2, 0.25) is 0 Å². The second-order valence-corrected chi connectivity index (χ2v) is 7.49. The molecule has 2 heterocycles. The van der Waals surface area contributed by atoms with E-state index in [1.807, 2.05) is 17.0 Å². The molecule has 2 aliphatic rings. The first kappa shape index (κ1) is 17.2. The molecule has 0 bridgehead atoms. The molecule has 0 N–H and O–H groups in total. The van der Waals surface area contributed by atoms with Crippen molar-refractivity contribution in [3.8, 4) is 0 Å². The third-order valence-electron chi connectivity index (χ3n) is 5.79. The van der Waals surface area contributed by atoms with Gasteiger partial charge in [-0.2, -0.15) is 0 Å². The molecule has 0 atom stereocenters. The van der Waals surface area contributed by atoms with E-state index in [0.29, 0.717) is 12.2 Å². The Kier molecular flexibility index (Phi) is 5.02. The Morgan fingerprint density at radius 3 is 2.58 bits per heavy atom. The van der Waals surface area contributed by atoms with Gasteiger partial charge in [-0.25, -0.2) is 4.68 Å². The third kappa shape index (κ3) is 3.65. The summed E-state index contributed by atoms with van der Waals surface area (Å²) in [7, 11) is 0. The number of nitrogens with zero attached hydrogens (tertiary/aromatic N) is 5. The Bertz CT molecular complexity index is 757. The molecule has 1 amide bonds. The number of benzene rings is 1. The number of aromatic nitrogens is 3. The van der Waals surface area contributed by atoms with Gasteiger partial charge >= 0.3 is 0 Å². The van der Waals surface area contributed by atoms with E-state index in [2.05, 4.69) is 34.3 Å². The van der Waals surface area contributed by atoms with Gasteiger partial charge in [0, 0.05) is 32.2 Å². The minimum absolute atomic E-state index is 0.00658. The Labute approximate surface area is 154 Å². The second kappa shape index (κ2) is 7.58.